The number of aryl methyl sites for hydroxylation is 1. The molecule has 0 atom stereocenters. The number of halogens is 3. The van der Waals surface area contributed by atoms with Crippen molar-refractivity contribution in [1.82, 2.24) is 30.1 Å². The number of phenols is 1. The molecule has 324 valence electrons. The van der Waals surface area contributed by atoms with Gasteiger partial charge in [0.25, 0.3) is 0 Å². The van der Waals surface area contributed by atoms with Crippen molar-refractivity contribution in [3.05, 3.63) is 75.9 Å². The van der Waals surface area contributed by atoms with Gasteiger partial charge in [-0.05, 0) is 36.8 Å². The van der Waals surface area contributed by atoms with Crippen LogP contribution in [0.4, 0.5) is 20.5 Å². The van der Waals surface area contributed by atoms with Crippen molar-refractivity contribution in [2.75, 3.05) is 89.6 Å². The summed E-state index contributed by atoms with van der Waals surface area (Å²) < 4.78 is 48.7. The molecule has 3 heterocycles. The second-order valence-electron chi connectivity index (χ2n) is 14.1. The maximum absolute atomic E-state index is 16.4. The summed E-state index contributed by atoms with van der Waals surface area (Å²) in [4.78, 5) is 55.4. The number of piperazine rings is 1. The first-order valence-corrected chi connectivity index (χ1v) is 20.9. The second-order valence-corrected chi connectivity index (χ2v) is 15.4. The molecule has 0 saturated carbocycles. The third kappa shape index (κ3) is 11.2. The molecule has 1 aliphatic rings. The molecule has 3 amide bonds. The van der Waals surface area contributed by atoms with Gasteiger partial charge in [0.1, 0.15) is 35.3 Å². The van der Waals surface area contributed by atoms with Crippen LogP contribution in [0.25, 0.3) is 32.5 Å². The molecule has 3 N–H and O–H groups in total. The van der Waals surface area contributed by atoms with Crippen molar-refractivity contribution < 1.29 is 42.5 Å². The molecule has 5 aromatic rings. The van der Waals surface area contributed by atoms with Gasteiger partial charge in [-0.15, -0.1) is 11.3 Å². The van der Waals surface area contributed by atoms with Crippen LogP contribution >= 0.6 is 22.9 Å². The predicted octanol–water partition coefficient (Wildman–Crippen LogP) is 5.65. The van der Waals surface area contributed by atoms with Gasteiger partial charge >= 0.3 is 0 Å². The molecule has 1 aliphatic heterocycles. The van der Waals surface area contributed by atoms with Crippen molar-refractivity contribution in [1.29, 1.82) is 0 Å². The molecule has 6 rings (SSSR count). The lowest BCUT2D eigenvalue weighted by Gasteiger charge is -2.35. The highest BCUT2D eigenvalue weighted by Crippen LogP contribution is 2.42. The summed E-state index contributed by atoms with van der Waals surface area (Å²) in [6.07, 6.45) is 0.703. The lowest BCUT2D eigenvalue weighted by molar-refractivity contribution is -0.130. The zero-order valence-corrected chi connectivity index (χ0v) is 35.6. The fourth-order valence-electron chi connectivity index (χ4n) is 6.76. The molecule has 3 aromatic carbocycles. The van der Waals surface area contributed by atoms with Crippen LogP contribution in [-0.2, 0) is 30.4 Å². The number of hydrogen-bond acceptors (Lipinski definition) is 13. The lowest BCUT2D eigenvalue weighted by atomic mass is 10.0. The molecule has 1 fully saturated rings. The Morgan fingerprint density at radius 1 is 1.02 bits per heavy atom. The Bertz CT molecular complexity index is 2330. The number of nitrogens with zero attached hydrogens (tertiary/aromatic N) is 6. The molecule has 19 heteroatoms. The number of nitrogens with one attached hydrogen (secondary N) is 2. The number of carbonyl (C=O) groups excluding carboxylic acids is 3. The Morgan fingerprint density at radius 2 is 1.77 bits per heavy atom. The maximum Gasteiger partial charge on any atom is 0.225 e. The van der Waals surface area contributed by atoms with Crippen molar-refractivity contribution in [2.45, 2.75) is 26.8 Å². The first-order valence-electron chi connectivity index (χ1n) is 19.6. The standard InChI is InChI=1S/C42H47ClF2N8O7S/c1-26-40(61-25-48-26)28-7-8-29(23-46-24-54)34(21-28)60-20-19-59-18-17-58-16-15-51(3)35(57)9-10-47-42-49-39-30(41(50-42)53-13-11-52(12-14-53)27(2)55)22-31(43)36(38(39)45)37-32(44)5-4-6-33(37)56/h4-8,21-22,24-25,56H,9-20,23H2,1-3H3,(H,46,54)(H,47,49,50). The minimum Gasteiger partial charge on any atom is -0.507 e. The average Bonchev–Trinajstić information content (AvgIpc) is 3.68. The van der Waals surface area contributed by atoms with Crippen molar-refractivity contribution in [3.8, 4) is 33.1 Å². The number of benzene rings is 3. The smallest absolute Gasteiger partial charge is 0.225 e. The van der Waals surface area contributed by atoms with E-state index in [0.29, 0.717) is 77.1 Å². The number of amides is 3. The van der Waals surface area contributed by atoms with Crippen LogP contribution in [0.2, 0.25) is 5.02 Å². The van der Waals surface area contributed by atoms with Crippen molar-refractivity contribution >= 4 is 63.8 Å². The minimum absolute atomic E-state index is 0.0282. The van der Waals surface area contributed by atoms with E-state index in [1.807, 2.05) is 30.0 Å². The third-order valence-corrected chi connectivity index (χ3v) is 11.3. The molecule has 0 radical (unpaired) electrons. The van der Waals surface area contributed by atoms with Gasteiger partial charge in [0, 0.05) is 82.7 Å². The molecule has 61 heavy (non-hydrogen) atoms. The predicted molar refractivity (Wildman–Crippen MR) is 229 cm³/mol. The van der Waals surface area contributed by atoms with E-state index in [4.69, 9.17) is 25.8 Å². The molecule has 0 spiro atoms. The van der Waals surface area contributed by atoms with Gasteiger partial charge in [0.15, 0.2) is 5.82 Å². The maximum atomic E-state index is 16.4. The summed E-state index contributed by atoms with van der Waals surface area (Å²) >= 11 is 8.10. The zero-order valence-electron chi connectivity index (χ0n) is 34.0. The van der Waals surface area contributed by atoms with Gasteiger partial charge < -0.3 is 44.7 Å². The summed E-state index contributed by atoms with van der Waals surface area (Å²) in [7, 11) is 1.66. The van der Waals surface area contributed by atoms with E-state index in [9.17, 15) is 23.9 Å². The van der Waals surface area contributed by atoms with E-state index in [2.05, 4.69) is 25.6 Å². The number of fused-ring (bicyclic) bond motifs is 1. The summed E-state index contributed by atoms with van der Waals surface area (Å²) in [5, 5.41) is 16.3. The molecule has 0 bridgehead atoms. The number of aromatic nitrogens is 3. The van der Waals surface area contributed by atoms with Crippen molar-refractivity contribution in [2.24, 2.45) is 0 Å². The van der Waals surface area contributed by atoms with E-state index < -0.39 is 22.9 Å². The van der Waals surface area contributed by atoms with Crippen LogP contribution < -0.4 is 20.3 Å². The molecule has 2 aromatic heterocycles. The van der Waals surface area contributed by atoms with E-state index in [1.165, 1.54) is 30.0 Å². The normalized spacial score (nSPS) is 12.8. The Labute approximate surface area is 360 Å². The largest absolute Gasteiger partial charge is 0.507 e. The number of thiazole rings is 1. The van der Waals surface area contributed by atoms with Crippen LogP contribution in [0.15, 0.2) is 48.0 Å². The number of ether oxygens (including phenoxy) is 3. The van der Waals surface area contributed by atoms with Gasteiger partial charge in [-0.3, -0.25) is 14.4 Å². The Hall–Kier alpha value is -5.69. The molecule has 1 saturated heterocycles. The molecule has 0 aliphatic carbocycles. The number of rotatable bonds is 20. The monoisotopic (exact) mass is 880 g/mol. The minimum atomic E-state index is -0.950. The highest BCUT2D eigenvalue weighted by molar-refractivity contribution is 7.13. The molecule has 0 unspecified atom stereocenters. The van der Waals surface area contributed by atoms with E-state index in [1.54, 1.807) is 28.8 Å². The number of phenolic OH excluding ortho intramolecular Hbond substituents is 1. The molecular weight excluding hydrogens is 834 g/mol. The SMILES string of the molecule is CC(=O)N1CCN(c2nc(NCCC(=O)N(C)CCOCCOCCOc3cc(-c4scnc4C)ccc3CNC=O)nc3c(F)c(-c4c(O)cccc4F)c(Cl)cc23)CC1. The number of hydrogen-bond donors (Lipinski definition) is 3. The Balaban J connectivity index is 0.984. The summed E-state index contributed by atoms with van der Waals surface area (Å²) in [6.45, 7) is 7.37. The number of anilines is 2. The average molecular weight is 881 g/mol. The Kier molecular flexibility index (Phi) is 15.6. The van der Waals surface area contributed by atoms with Crippen LogP contribution in [0.1, 0.15) is 24.6 Å². The van der Waals surface area contributed by atoms with Gasteiger partial charge in [0.05, 0.1) is 53.1 Å². The van der Waals surface area contributed by atoms with Gasteiger partial charge in [-0.25, -0.2) is 18.7 Å². The fraction of sp³-hybridized carbons (Fsp3) is 0.381. The number of aromatic hydroxyl groups is 1. The highest BCUT2D eigenvalue weighted by atomic mass is 35.5. The van der Waals surface area contributed by atoms with E-state index >= 15 is 4.39 Å². The first-order chi connectivity index (χ1) is 29.5. The quantitative estimate of drug-likeness (QED) is 0.0649. The topological polar surface area (TPSA) is 172 Å². The number of likely N-dealkylation sites (N-methyl/N-ethyl adjacent to an activating group) is 1. The number of carbonyl (C=O) groups is 3. The fourth-order valence-corrected chi connectivity index (χ4v) is 7.85. The second kappa shape index (κ2) is 21.2. The van der Waals surface area contributed by atoms with Crippen LogP contribution in [-0.4, -0.2) is 127 Å². The molecular formula is C42H47ClF2N8O7S. The van der Waals surface area contributed by atoms with Crippen LogP contribution in [0.3, 0.4) is 0 Å². The van der Waals surface area contributed by atoms with Gasteiger partial charge in [-0.2, -0.15) is 4.98 Å². The lowest BCUT2D eigenvalue weighted by Crippen LogP contribution is -2.48. The van der Waals surface area contributed by atoms with E-state index in [0.717, 1.165) is 27.8 Å². The Morgan fingerprint density at radius 3 is 2.48 bits per heavy atom. The highest BCUT2D eigenvalue weighted by Gasteiger charge is 2.27. The summed E-state index contributed by atoms with van der Waals surface area (Å²) in [5.41, 5.74) is 3.64. The summed E-state index contributed by atoms with van der Waals surface area (Å²) in [5.74, 6) is -1.52. The van der Waals surface area contributed by atoms with Crippen molar-refractivity contribution in [3.63, 3.8) is 0 Å². The molecule has 15 nitrogen and oxygen atoms in total. The third-order valence-electron chi connectivity index (χ3n) is 10.1. The van der Waals surface area contributed by atoms with Crippen LogP contribution in [0, 0.1) is 18.6 Å². The first kappa shape index (κ1) is 44.9. The van der Waals surface area contributed by atoms with Gasteiger partial charge in [-0.1, -0.05) is 29.8 Å². The zero-order chi connectivity index (χ0) is 43.5. The summed E-state index contributed by atoms with van der Waals surface area (Å²) in [6, 6.07) is 10.9. The van der Waals surface area contributed by atoms with E-state index in [-0.39, 0.29) is 65.4 Å². The van der Waals surface area contributed by atoms with Gasteiger partial charge in [0.2, 0.25) is 24.2 Å². The van der Waals surface area contributed by atoms with Crippen LogP contribution in [0.5, 0.6) is 11.5 Å².